The van der Waals surface area contributed by atoms with E-state index in [0.717, 1.165) is 18.4 Å². The number of hydrogen-bond donors (Lipinski definition) is 1. The van der Waals surface area contributed by atoms with E-state index in [1.165, 1.54) is 0 Å². The summed E-state index contributed by atoms with van der Waals surface area (Å²) < 4.78 is 0. The first-order valence-electron chi connectivity index (χ1n) is 5.71. The number of carboxylic acids is 1. The van der Waals surface area contributed by atoms with Crippen LogP contribution < -0.4 is 0 Å². The summed E-state index contributed by atoms with van der Waals surface area (Å²) in [7, 11) is 0. The fourth-order valence-corrected chi connectivity index (χ4v) is 1.80. The van der Waals surface area contributed by atoms with Gasteiger partial charge < -0.3 is 5.11 Å². The van der Waals surface area contributed by atoms with Crippen molar-refractivity contribution in [3.05, 3.63) is 30.1 Å². The molecule has 1 heterocycles. The molecule has 0 bridgehead atoms. The summed E-state index contributed by atoms with van der Waals surface area (Å²) in [5, 5.41) is 9.08. The zero-order valence-corrected chi connectivity index (χ0v) is 9.89. The van der Waals surface area contributed by atoms with E-state index in [4.69, 9.17) is 5.11 Å². The molecule has 0 aromatic carbocycles. The lowest BCUT2D eigenvalue weighted by atomic mass is 9.92. The molecule has 88 valence electrons. The number of hydrogen-bond acceptors (Lipinski definition) is 2. The molecule has 1 aromatic rings. The third-order valence-corrected chi connectivity index (χ3v) is 2.61. The molecule has 0 spiro atoms. The van der Waals surface area contributed by atoms with E-state index in [2.05, 4.69) is 18.8 Å². The maximum Gasteiger partial charge on any atom is 0.306 e. The Bertz CT molecular complexity index is 322. The fourth-order valence-electron chi connectivity index (χ4n) is 1.80. The van der Waals surface area contributed by atoms with Crippen molar-refractivity contribution >= 4 is 5.97 Å². The standard InChI is InChI=1S/C13H19NO2/c1-10(2)8-12(13(15)16)6-5-11-4-3-7-14-9-11/h3-4,7,9-10,12H,5-6,8H2,1-2H3,(H,15,16). The van der Waals surface area contributed by atoms with Crippen LogP contribution in [0.2, 0.25) is 0 Å². The van der Waals surface area contributed by atoms with Gasteiger partial charge in [0.05, 0.1) is 5.92 Å². The lowest BCUT2D eigenvalue weighted by Gasteiger charge is -2.14. The Labute approximate surface area is 96.5 Å². The minimum Gasteiger partial charge on any atom is -0.481 e. The summed E-state index contributed by atoms with van der Waals surface area (Å²) in [6.45, 7) is 4.11. The Balaban J connectivity index is 2.47. The molecule has 0 radical (unpaired) electrons. The van der Waals surface area contributed by atoms with Crippen LogP contribution in [-0.4, -0.2) is 16.1 Å². The largest absolute Gasteiger partial charge is 0.481 e. The molecule has 1 aromatic heterocycles. The molecule has 3 heteroatoms. The summed E-state index contributed by atoms with van der Waals surface area (Å²) in [5.74, 6) is -0.493. The summed E-state index contributed by atoms with van der Waals surface area (Å²) in [6.07, 6.45) is 5.76. The highest BCUT2D eigenvalue weighted by atomic mass is 16.4. The molecule has 0 aliphatic rings. The lowest BCUT2D eigenvalue weighted by molar-refractivity contribution is -0.142. The lowest BCUT2D eigenvalue weighted by Crippen LogP contribution is -2.16. The minimum absolute atomic E-state index is 0.236. The number of aliphatic carboxylic acids is 1. The third-order valence-electron chi connectivity index (χ3n) is 2.61. The molecule has 1 N–H and O–H groups in total. The number of rotatable bonds is 6. The highest BCUT2D eigenvalue weighted by Crippen LogP contribution is 2.18. The van der Waals surface area contributed by atoms with E-state index in [1.807, 2.05) is 12.1 Å². The summed E-state index contributed by atoms with van der Waals surface area (Å²) in [4.78, 5) is 15.1. The van der Waals surface area contributed by atoms with Crippen molar-refractivity contribution in [1.82, 2.24) is 4.98 Å². The molecule has 16 heavy (non-hydrogen) atoms. The number of aromatic nitrogens is 1. The zero-order valence-electron chi connectivity index (χ0n) is 9.89. The van der Waals surface area contributed by atoms with Gasteiger partial charge in [0.15, 0.2) is 0 Å². The zero-order chi connectivity index (χ0) is 12.0. The minimum atomic E-state index is -0.683. The fraction of sp³-hybridized carbons (Fsp3) is 0.538. The number of carbonyl (C=O) groups is 1. The molecule has 1 unspecified atom stereocenters. The van der Waals surface area contributed by atoms with Crippen LogP contribution in [0.1, 0.15) is 32.3 Å². The first kappa shape index (κ1) is 12.7. The maximum atomic E-state index is 11.0. The Morgan fingerprint density at radius 3 is 2.75 bits per heavy atom. The normalized spacial score (nSPS) is 12.7. The summed E-state index contributed by atoms with van der Waals surface area (Å²) in [5.41, 5.74) is 1.11. The number of aryl methyl sites for hydroxylation is 1. The summed E-state index contributed by atoms with van der Waals surface area (Å²) in [6, 6.07) is 3.87. The van der Waals surface area contributed by atoms with Gasteiger partial charge in [-0.3, -0.25) is 9.78 Å². The van der Waals surface area contributed by atoms with Crippen molar-refractivity contribution in [2.75, 3.05) is 0 Å². The van der Waals surface area contributed by atoms with Crippen LogP contribution in [0.3, 0.4) is 0 Å². The van der Waals surface area contributed by atoms with Crippen LogP contribution in [0.25, 0.3) is 0 Å². The van der Waals surface area contributed by atoms with E-state index < -0.39 is 5.97 Å². The quantitative estimate of drug-likeness (QED) is 0.803. The van der Waals surface area contributed by atoms with Crippen molar-refractivity contribution in [1.29, 1.82) is 0 Å². The van der Waals surface area contributed by atoms with E-state index in [9.17, 15) is 4.79 Å². The molecular formula is C13H19NO2. The van der Waals surface area contributed by atoms with Gasteiger partial charge in [0.1, 0.15) is 0 Å². The molecule has 0 saturated heterocycles. The predicted molar refractivity (Wildman–Crippen MR) is 63.1 cm³/mol. The van der Waals surface area contributed by atoms with Gasteiger partial charge in [0.2, 0.25) is 0 Å². The van der Waals surface area contributed by atoms with Gasteiger partial charge in [-0.2, -0.15) is 0 Å². The third kappa shape index (κ3) is 4.43. The second-order valence-electron chi connectivity index (χ2n) is 4.56. The summed E-state index contributed by atoms with van der Waals surface area (Å²) >= 11 is 0. The number of carboxylic acid groups (broad SMARTS) is 1. The first-order valence-corrected chi connectivity index (χ1v) is 5.71. The second kappa shape index (κ2) is 6.26. The van der Waals surface area contributed by atoms with Gasteiger partial charge >= 0.3 is 5.97 Å². The van der Waals surface area contributed by atoms with E-state index in [0.29, 0.717) is 12.3 Å². The molecule has 0 saturated carbocycles. The van der Waals surface area contributed by atoms with Crippen LogP contribution >= 0.6 is 0 Å². The van der Waals surface area contributed by atoms with Crippen molar-refractivity contribution in [2.45, 2.75) is 33.1 Å². The van der Waals surface area contributed by atoms with Gasteiger partial charge in [0.25, 0.3) is 0 Å². The highest BCUT2D eigenvalue weighted by molar-refractivity contribution is 5.69. The van der Waals surface area contributed by atoms with Crippen molar-refractivity contribution in [3.63, 3.8) is 0 Å². The van der Waals surface area contributed by atoms with Gasteiger partial charge in [0, 0.05) is 12.4 Å². The average Bonchev–Trinajstić information content (AvgIpc) is 2.25. The van der Waals surface area contributed by atoms with Gasteiger partial charge in [-0.15, -0.1) is 0 Å². The van der Waals surface area contributed by atoms with Crippen LogP contribution in [-0.2, 0) is 11.2 Å². The Hall–Kier alpha value is -1.38. The molecule has 0 aliphatic carbocycles. The predicted octanol–water partition coefficient (Wildman–Crippen LogP) is 2.76. The average molecular weight is 221 g/mol. The molecule has 0 fully saturated rings. The Morgan fingerprint density at radius 1 is 1.50 bits per heavy atom. The Kier molecular flexibility index (Phi) is 4.96. The maximum absolute atomic E-state index is 11.0. The highest BCUT2D eigenvalue weighted by Gasteiger charge is 2.18. The van der Waals surface area contributed by atoms with Crippen LogP contribution in [0.5, 0.6) is 0 Å². The molecule has 0 aliphatic heterocycles. The molecule has 1 rings (SSSR count). The first-order chi connectivity index (χ1) is 7.59. The second-order valence-corrected chi connectivity index (χ2v) is 4.56. The smallest absolute Gasteiger partial charge is 0.306 e. The SMILES string of the molecule is CC(C)CC(CCc1cccnc1)C(=O)O. The molecular weight excluding hydrogens is 202 g/mol. The Morgan fingerprint density at radius 2 is 2.25 bits per heavy atom. The van der Waals surface area contributed by atoms with Gasteiger partial charge in [-0.25, -0.2) is 0 Å². The molecule has 1 atom stereocenters. The topological polar surface area (TPSA) is 50.2 Å². The number of nitrogens with zero attached hydrogens (tertiary/aromatic N) is 1. The van der Waals surface area contributed by atoms with E-state index in [1.54, 1.807) is 12.4 Å². The van der Waals surface area contributed by atoms with Crippen molar-refractivity contribution < 1.29 is 9.90 Å². The molecule has 0 amide bonds. The van der Waals surface area contributed by atoms with E-state index in [-0.39, 0.29) is 5.92 Å². The van der Waals surface area contributed by atoms with Crippen LogP contribution in [0, 0.1) is 11.8 Å². The number of pyridine rings is 1. The van der Waals surface area contributed by atoms with Crippen LogP contribution in [0.4, 0.5) is 0 Å². The van der Waals surface area contributed by atoms with Crippen molar-refractivity contribution in [3.8, 4) is 0 Å². The van der Waals surface area contributed by atoms with Crippen LogP contribution in [0.15, 0.2) is 24.5 Å². The van der Waals surface area contributed by atoms with Gasteiger partial charge in [-0.05, 0) is 36.8 Å². The monoisotopic (exact) mass is 221 g/mol. The van der Waals surface area contributed by atoms with Crippen molar-refractivity contribution in [2.24, 2.45) is 11.8 Å². The van der Waals surface area contributed by atoms with Gasteiger partial charge in [-0.1, -0.05) is 19.9 Å². The van der Waals surface area contributed by atoms with E-state index >= 15 is 0 Å². The molecule has 3 nitrogen and oxygen atoms in total.